The average molecular weight is 2290 g/mol. The van der Waals surface area contributed by atoms with Gasteiger partial charge in [-0.2, -0.15) is 9.97 Å². The van der Waals surface area contributed by atoms with E-state index in [9.17, 15) is 48.7 Å². The maximum absolute atomic E-state index is 13.7. The number of imidazole rings is 5. The minimum atomic E-state index is -4.70. The Morgan fingerprint density at radius 3 is 0.724 bits per heavy atom. The highest BCUT2D eigenvalue weighted by Crippen LogP contribution is 2.59. The van der Waals surface area contributed by atoms with Crippen molar-refractivity contribution < 1.29 is 131 Å². The zero-order valence-corrected chi connectivity index (χ0v) is 87.0. The van der Waals surface area contributed by atoms with Gasteiger partial charge in [-0.25, -0.2) is 84.3 Å². The Kier molecular flexibility index (Phi) is 30.9. The summed E-state index contributed by atoms with van der Waals surface area (Å²) in [5.74, 6) is 0.128. The van der Waals surface area contributed by atoms with E-state index in [0.29, 0.717) is 22.3 Å². The molecule has 0 radical (unpaired) electrons. The summed E-state index contributed by atoms with van der Waals surface area (Å²) in [4.78, 5) is 192. The Morgan fingerprint density at radius 2 is 0.497 bits per heavy atom. The molecule has 19 heterocycles. The van der Waals surface area contributed by atoms with Gasteiger partial charge in [0, 0.05) is 68.5 Å². The van der Waals surface area contributed by atoms with Crippen molar-refractivity contribution in [1.82, 2.24) is 117 Å². The maximum Gasteiger partial charge on any atom is 0.351 e. The Hall–Kier alpha value is -7.46. The van der Waals surface area contributed by atoms with Crippen LogP contribution in [0.4, 0.5) is 40.7 Å². The summed E-state index contributed by atoms with van der Waals surface area (Å²) in [6, 6.07) is 0. The molecule has 7 saturated heterocycles. The van der Waals surface area contributed by atoms with Crippen LogP contribution in [-0.4, -0.2) is 281 Å². The molecule has 0 spiro atoms. The van der Waals surface area contributed by atoms with Crippen LogP contribution in [0, 0.1) is 13.8 Å². The van der Waals surface area contributed by atoms with Crippen molar-refractivity contribution in [2.75, 3.05) is 79.8 Å². The summed E-state index contributed by atoms with van der Waals surface area (Å²) in [6.45, 7) is -30.8. The van der Waals surface area contributed by atoms with Crippen molar-refractivity contribution in [3.05, 3.63) is 108 Å². The fraction of sp³-hybridized carbons (Fsp3) is 0.529. The van der Waals surface area contributed by atoms with Gasteiger partial charge in [-0.05, 0) is 103 Å². The zero-order chi connectivity index (χ0) is 103. The van der Waals surface area contributed by atoms with Gasteiger partial charge in [-0.15, -0.1) is 0 Å². The Balaban J connectivity index is 0.535. The van der Waals surface area contributed by atoms with E-state index in [1.807, 2.05) is 0 Å². The normalized spacial score (nSPS) is 29.4. The molecule has 145 heavy (non-hydrogen) atoms. The number of ether oxygens (including phenoxy) is 7. The van der Waals surface area contributed by atoms with Crippen LogP contribution in [-0.2, 0) is 175 Å². The van der Waals surface area contributed by atoms with Crippen molar-refractivity contribution in [2.24, 2.45) is 0 Å². The van der Waals surface area contributed by atoms with Crippen LogP contribution >= 0.6 is 47.0 Å². The first-order valence-corrected chi connectivity index (χ1v) is 61.5. The summed E-state index contributed by atoms with van der Waals surface area (Å²) in [5, 5.41) is 0. The molecule has 22 N–H and O–H groups in total. The molecular formula is C70H90N31O30P7S7. The van der Waals surface area contributed by atoms with Crippen LogP contribution in [0.3, 0.4) is 0 Å². The lowest BCUT2D eigenvalue weighted by Crippen LogP contribution is -2.32. The van der Waals surface area contributed by atoms with Gasteiger partial charge in [0.15, 0.2) is 57.3 Å². The highest BCUT2D eigenvalue weighted by atomic mass is 32.5. The quantitative estimate of drug-likeness (QED) is 0.0244. The van der Waals surface area contributed by atoms with E-state index in [1.54, 1.807) is 25.3 Å². The van der Waals surface area contributed by atoms with Crippen LogP contribution in [0.15, 0.2) is 85.3 Å². The summed E-state index contributed by atoms with van der Waals surface area (Å²) in [5.41, 5.74) is 44.2. The minimum Gasteiger partial charge on any atom is -0.383 e. The molecule has 0 aromatic carbocycles. The van der Waals surface area contributed by atoms with Gasteiger partial charge in [0.05, 0.1) is 120 Å². The topological polar surface area (TPSA) is 816 Å². The summed E-state index contributed by atoms with van der Waals surface area (Å²) < 4.78 is 134. The molecule has 7 aliphatic heterocycles. The molecule has 7 aliphatic rings. The number of anilines is 7. The third-order valence-corrected chi connectivity index (χ3v) is 34.5. The fourth-order valence-corrected chi connectivity index (χ4v) is 27.0. The zero-order valence-electron chi connectivity index (χ0n) is 75.1. The fourth-order valence-electron chi connectivity index (χ4n) is 17.2. The molecule has 7 fully saturated rings. The lowest BCUT2D eigenvalue weighted by Gasteiger charge is -2.29. The van der Waals surface area contributed by atoms with Crippen molar-refractivity contribution in [3.63, 3.8) is 0 Å². The van der Waals surface area contributed by atoms with Gasteiger partial charge in [0.1, 0.15) is 151 Å². The predicted octanol–water partition coefficient (Wildman–Crippen LogP) is 1.73. The SMILES string of the molecule is Cc1cn([C@H]2CC(OP(O)(=S)OC[C@H]3O[C@@H](n4cnc5c(N)ncnc54)CC3OP(O)(O)=S)[C@@H](COP(O)(=S)OC3C[C@H](n4cnc5c(N)ncnc54)O[C@@H]3COP(O)(=S)OC3C[C@H](n4cc(C)c(N)nc4=O)O[C@@H]3COP(O)(=S)OC3C[C@H](n4cnc5c(N)ncnc54)O[C@@H]3COP(O)(=S)OC3C[C@H](n4cnc5c(N)ncnc54)O[C@@H]3COP(O)(=S)OC3C[C@H](n4cnc5c(N)ncnc54)O[C@@H]3C)O2)c(=O)nc1N. The van der Waals surface area contributed by atoms with Crippen LogP contribution in [0.25, 0.3) is 55.8 Å². The molecule has 19 rings (SSSR count). The molecule has 13 unspecified atom stereocenters. The molecule has 61 nitrogen and oxygen atoms in total. The second kappa shape index (κ2) is 42.3. The highest BCUT2D eigenvalue weighted by Gasteiger charge is 2.52. The van der Waals surface area contributed by atoms with Crippen LogP contribution in [0.2, 0.25) is 0 Å². The predicted molar refractivity (Wildman–Crippen MR) is 527 cm³/mol. The Morgan fingerprint density at radius 1 is 0.297 bits per heavy atom. The number of aryl methyl sites for hydroxylation is 2. The average Bonchev–Trinajstić information content (AvgIpc) is 1.64. The Labute approximate surface area is 850 Å². The van der Waals surface area contributed by atoms with Crippen LogP contribution in [0.1, 0.15) is 107 Å². The summed E-state index contributed by atoms with van der Waals surface area (Å²) in [6.07, 6.45) is -10.1. The molecule has 0 aliphatic carbocycles. The number of rotatable bonds is 39. The number of nitrogens with zero attached hydrogens (tertiary/aromatic N) is 24. The molecule has 75 heteroatoms. The molecule has 0 bridgehead atoms. The van der Waals surface area contributed by atoms with Crippen LogP contribution in [0.5, 0.6) is 0 Å². The van der Waals surface area contributed by atoms with Gasteiger partial charge < -0.3 is 171 Å². The lowest BCUT2D eigenvalue weighted by atomic mass is 10.2. The molecule has 782 valence electrons. The smallest absolute Gasteiger partial charge is 0.351 e. The molecule has 0 saturated carbocycles. The van der Waals surface area contributed by atoms with E-state index in [1.165, 1.54) is 93.9 Å². The molecule has 27 atom stereocenters. The van der Waals surface area contributed by atoms with E-state index < -0.39 is 227 Å². The van der Waals surface area contributed by atoms with E-state index in [2.05, 4.69) is 84.7 Å². The summed E-state index contributed by atoms with van der Waals surface area (Å²) >= 11 is 39.0. The minimum absolute atomic E-state index is 0.00341. The first kappa shape index (κ1) is 106. The van der Waals surface area contributed by atoms with Gasteiger partial charge in [0.25, 0.3) is 0 Å². The first-order valence-electron chi connectivity index (χ1n) is 43.3. The maximum atomic E-state index is 13.7. The van der Waals surface area contributed by atoms with E-state index in [-0.39, 0.29) is 130 Å². The number of fused-ring (bicyclic) bond motifs is 5. The van der Waals surface area contributed by atoms with Crippen molar-refractivity contribution in [1.29, 1.82) is 0 Å². The van der Waals surface area contributed by atoms with Crippen LogP contribution < -0.4 is 51.5 Å². The molecule has 0 amide bonds. The highest BCUT2D eigenvalue weighted by molar-refractivity contribution is 8.09. The van der Waals surface area contributed by atoms with E-state index in [4.69, 9.17) is 215 Å². The second-order valence-corrected chi connectivity index (χ2v) is 53.1. The second-order valence-electron chi connectivity index (χ2n) is 33.7. The molecular weight excluding hydrogens is 2200 g/mol. The van der Waals surface area contributed by atoms with Crippen molar-refractivity contribution in [3.8, 4) is 0 Å². The third kappa shape index (κ3) is 23.8. The third-order valence-electron chi connectivity index (χ3n) is 24.2. The standard InChI is InChI=1S/C70H90N31O30P7S7/c1-29-11-95(69(102)93-57(29)71)45-6-34(127-134(107,141)113-13-39-33(125-132(104,105)139)5-48(121-39)98-25-89-53-60(74)79-20-84-65(53)98)40(119-45)14-114-136(109,143)130-37-9-50(100-27-91-55-62(76)81-22-86-67(55)100)123-43(37)17-116-135(108,142)128-35-7-46(96-12-30(2)58(72)94-70(96)103)120-41(35)15-115-137(110,144)131-38-10-51(101-28-92-56-63(77)82-23-87-68(56)101)124-44(38)18-117-138(111,145)129-36-8-49(99-26-90-54-61(75)80-21-85-66(54)99)122-42(36)16-112-133(106,140)126-32-4-47(118-31(32)3)97-24-88-52-59(73)78-19-83-64(52)97/h11-12,19-28,31-51H,4-10,13-18H2,1-3H3,(H,106,140)(H,107,141)(H,108,142)(H,109,143)(H,110,144)(H,111,145)(H2,71,93,102)(H2,72,94,103)(H2,73,78,83)(H2,74,79,84)(H2,75,80,85)(H2,76,81,86)(H2,77,82,87)(H2,104,105,139)/t31-,32?,33?,34?,35?,36?,37?,38?,39-,40-,41-,42-,43-,44-,45-,46-,47-,48-,49-,50-,51-,133?,134?,135?,136?,137?,138?/m1/s1. The van der Waals surface area contributed by atoms with Gasteiger partial charge in [0.2, 0.25) is 0 Å². The molecule has 12 aromatic rings. The van der Waals surface area contributed by atoms with Gasteiger partial charge >= 0.3 is 58.4 Å². The largest absolute Gasteiger partial charge is 0.383 e. The van der Waals surface area contributed by atoms with Gasteiger partial charge in [-0.1, -0.05) is 0 Å². The number of nitrogens with two attached hydrogens (primary N) is 7. The summed E-state index contributed by atoms with van der Waals surface area (Å²) in [7, 11) is 0. The number of hydrogen-bond donors (Lipinski definition) is 15. The monoisotopic (exact) mass is 2290 g/mol. The first-order chi connectivity index (χ1) is 68.7. The Bertz CT molecular complexity index is 7420. The van der Waals surface area contributed by atoms with E-state index >= 15 is 0 Å². The molecule has 12 aromatic heterocycles. The van der Waals surface area contributed by atoms with Crippen molar-refractivity contribution >= 4 is 226 Å². The number of aromatic nitrogens is 24. The van der Waals surface area contributed by atoms with Gasteiger partial charge in [-0.3, -0.25) is 32.0 Å². The van der Waals surface area contributed by atoms with E-state index in [0.717, 1.165) is 9.13 Å². The lowest BCUT2D eigenvalue weighted by molar-refractivity contribution is -0.0570. The number of nitrogen functional groups attached to an aromatic ring is 7. The van der Waals surface area contributed by atoms with Crippen molar-refractivity contribution in [2.45, 2.75) is 195 Å². The number of hydrogen-bond acceptors (Lipinski definition) is 53.